The van der Waals surface area contributed by atoms with Gasteiger partial charge in [0.2, 0.25) is 17.6 Å². The number of hydrogen-bond donors (Lipinski definition) is 2. The molecular weight excluding hydrogens is 438 g/mol. The summed E-state index contributed by atoms with van der Waals surface area (Å²) in [5, 5.41) is 5.29. The molecule has 184 valence electrons. The highest BCUT2D eigenvalue weighted by atomic mass is 16.5. The zero-order chi connectivity index (χ0) is 25.3. The highest BCUT2D eigenvalue weighted by Crippen LogP contribution is 2.38. The van der Waals surface area contributed by atoms with Crippen LogP contribution in [0.3, 0.4) is 0 Å². The summed E-state index contributed by atoms with van der Waals surface area (Å²) >= 11 is 0. The Labute approximate surface area is 200 Å². The second kappa shape index (κ2) is 12.5. The maximum atomic E-state index is 13.3. The van der Waals surface area contributed by atoms with Gasteiger partial charge >= 0.3 is 0 Å². The SMILES string of the molecule is COc1cc(C(=O)N(CC(=O)NCC(=O)Nc2ccc(C)cc2)CC(C)C)cc(OC)c1OC. The molecule has 0 aliphatic rings. The molecule has 2 aromatic carbocycles. The van der Waals surface area contributed by atoms with Gasteiger partial charge in [-0.05, 0) is 37.1 Å². The average molecular weight is 472 g/mol. The number of carbonyl (C=O) groups excluding carboxylic acids is 3. The standard InChI is InChI=1S/C25H33N3O6/c1-16(2)14-28(25(31)18-11-20(32-4)24(34-6)21(12-18)33-5)15-23(30)26-13-22(29)27-19-9-7-17(3)8-10-19/h7-12,16H,13-15H2,1-6H3,(H,26,30)(H,27,29). The second-order valence-corrected chi connectivity index (χ2v) is 8.18. The number of hydrogen-bond acceptors (Lipinski definition) is 6. The third-order valence-electron chi connectivity index (χ3n) is 4.90. The molecule has 0 heterocycles. The second-order valence-electron chi connectivity index (χ2n) is 8.18. The first-order chi connectivity index (χ1) is 16.2. The first kappa shape index (κ1) is 26.5. The molecule has 0 saturated heterocycles. The molecule has 0 aliphatic carbocycles. The minimum Gasteiger partial charge on any atom is -0.493 e. The van der Waals surface area contributed by atoms with Gasteiger partial charge in [0.25, 0.3) is 5.91 Å². The lowest BCUT2D eigenvalue weighted by Crippen LogP contribution is -2.44. The predicted molar refractivity (Wildman–Crippen MR) is 130 cm³/mol. The van der Waals surface area contributed by atoms with E-state index in [9.17, 15) is 14.4 Å². The number of rotatable bonds is 11. The molecule has 0 atom stereocenters. The molecule has 0 radical (unpaired) electrons. The number of nitrogens with zero attached hydrogens (tertiary/aromatic N) is 1. The average Bonchev–Trinajstić information content (AvgIpc) is 2.82. The maximum Gasteiger partial charge on any atom is 0.254 e. The maximum absolute atomic E-state index is 13.3. The molecule has 0 spiro atoms. The molecule has 34 heavy (non-hydrogen) atoms. The summed E-state index contributed by atoms with van der Waals surface area (Å²) in [5.74, 6) is -0.00644. The van der Waals surface area contributed by atoms with Gasteiger partial charge in [-0.15, -0.1) is 0 Å². The van der Waals surface area contributed by atoms with E-state index in [0.717, 1.165) is 5.56 Å². The monoisotopic (exact) mass is 471 g/mol. The van der Waals surface area contributed by atoms with Gasteiger partial charge in [-0.3, -0.25) is 14.4 Å². The van der Waals surface area contributed by atoms with Crippen molar-refractivity contribution in [2.45, 2.75) is 20.8 Å². The van der Waals surface area contributed by atoms with Gasteiger partial charge < -0.3 is 29.7 Å². The number of anilines is 1. The van der Waals surface area contributed by atoms with Crippen LogP contribution in [0, 0.1) is 12.8 Å². The molecule has 2 aromatic rings. The molecule has 0 bridgehead atoms. The molecule has 0 unspecified atom stereocenters. The summed E-state index contributed by atoms with van der Waals surface area (Å²) in [6, 6.07) is 10.4. The molecule has 0 fully saturated rings. The Morgan fingerprint density at radius 3 is 2.00 bits per heavy atom. The van der Waals surface area contributed by atoms with Gasteiger partial charge in [-0.2, -0.15) is 0 Å². The fourth-order valence-corrected chi connectivity index (χ4v) is 3.30. The number of benzene rings is 2. The summed E-state index contributed by atoms with van der Waals surface area (Å²) in [6.45, 7) is 5.78. The number of methoxy groups -OCH3 is 3. The Kier molecular flexibility index (Phi) is 9.73. The van der Waals surface area contributed by atoms with E-state index in [4.69, 9.17) is 14.2 Å². The van der Waals surface area contributed by atoms with E-state index in [-0.39, 0.29) is 30.8 Å². The third kappa shape index (κ3) is 7.40. The van der Waals surface area contributed by atoms with Crippen molar-refractivity contribution in [3.63, 3.8) is 0 Å². The number of ether oxygens (including phenoxy) is 3. The van der Waals surface area contributed by atoms with E-state index < -0.39 is 5.91 Å². The van der Waals surface area contributed by atoms with Crippen molar-refractivity contribution in [2.75, 3.05) is 46.3 Å². The van der Waals surface area contributed by atoms with E-state index in [2.05, 4.69) is 10.6 Å². The van der Waals surface area contributed by atoms with Crippen LogP contribution in [0.25, 0.3) is 0 Å². The van der Waals surface area contributed by atoms with Gasteiger partial charge in [0.05, 0.1) is 34.4 Å². The molecule has 3 amide bonds. The quantitative estimate of drug-likeness (QED) is 0.522. The van der Waals surface area contributed by atoms with Crippen LogP contribution in [0.15, 0.2) is 36.4 Å². The van der Waals surface area contributed by atoms with Gasteiger partial charge in [-0.1, -0.05) is 31.5 Å². The van der Waals surface area contributed by atoms with Crippen LogP contribution in [0.1, 0.15) is 29.8 Å². The highest BCUT2D eigenvalue weighted by molar-refractivity contribution is 5.99. The van der Waals surface area contributed by atoms with Crippen molar-refractivity contribution >= 4 is 23.4 Å². The Bertz CT molecular complexity index is 979. The molecule has 2 N–H and O–H groups in total. The summed E-state index contributed by atoms with van der Waals surface area (Å²) in [6.07, 6.45) is 0. The van der Waals surface area contributed by atoms with Crippen LogP contribution >= 0.6 is 0 Å². The topological polar surface area (TPSA) is 106 Å². The van der Waals surface area contributed by atoms with E-state index >= 15 is 0 Å². The van der Waals surface area contributed by atoms with Crippen molar-refractivity contribution in [1.29, 1.82) is 0 Å². The first-order valence-corrected chi connectivity index (χ1v) is 10.9. The first-order valence-electron chi connectivity index (χ1n) is 10.9. The largest absolute Gasteiger partial charge is 0.493 e. The van der Waals surface area contributed by atoms with Crippen LogP contribution in [0.4, 0.5) is 5.69 Å². The van der Waals surface area contributed by atoms with Gasteiger partial charge in [0.15, 0.2) is 11.5 Å². The Balaban J connectivity index is 2.08. The Morgan fingerprint density at radius 1 is 0.912 bits per heavy atom. The fraction of sp³-hybridized carbons (Fsp3) is 0.400. The minimum absolute atomic E-state index is 0.114. The van der Waals surface area contributed by atoms with E-state index in [1.54, 1.807) is 24.3 Å². The number of carbonyl (C=O) groups is 3. The Morgan fingerprint density at radius 2 is 1.50 bits per heavy atom. The van der Waals surface area contributed by atoms with Crippen LogP contribution in [0.2, 0.25) is 0 Å². The summed E-state index contributed by atoms with van der Waals surface area (Å²) in [4.78, 5) is 39.4. The fourth-order valence-electron chi connectivity index (χ4n) is 3.30. The van der Waals surface area contributed by atoms with E-state index in [1.807, 2.05) is 32.9 Å². The lowest BCUT2D eigenvalue weighted by atomic mass is 10.1. The van der Waals surface area contributed by atoms with E-state index in [0.29, 0.717) is 35.0 Å². The Hall–Kier alpha value is -3.75. The molecule has 9 nitrogen and oxygen atoms in total. The lowest BCUT2D eigenvalue weighted by molar-refractivity contribution is -0.124. The smallest absolute Gasteiger partial charge is 0.254 e. The number of aryl methyl sites for hydroxylation is 1. The van der Waals surface area contributed by atoms with Crippen LogP contribution in [0.5, 0.6) is 17.2 Å². The third-order valence-corrected chi connectivity index (χ3v) is 4.90. The predicted octanol–water partition coefficient (Wildman–Crippen LogP) is 2.87. The molecule has 0 aromatic heterocycles. The highest BCUT2D eigenvalue weighted by Gasteiger charge is 2.23. The molecular formula is C25H33N3O6. The van der Waals surface area contributed by atoms with Gasteiger partial charge in [0, 0.05) is 17.8 Å². The summed E-state index contributed by atoms with van der Waals surface area (Å²) in [5.41, 5.74) is 2.01. The number of amides is 3. The minimum atomic E-state index is -0.444. The molecule has 0 aliphatic heterocycles. The lowest BCUT2D eigenvalue weighted by Gasteiger charge is -2.25. The number of nitrogens with one attached hydrogen (secondary N) is 2. The van der Waals surface area contributed by atoms with Crippen LogP contribution in [-0.4, -0.2) is 63.6 Å². The molecule has 0 saturated carbocycles. The zero-order valence-electron chi connectivity index (χ0n) is 20.6. The van der Waals surface area contributed by atoms with Gasteiger partial charge in [0.1, 0.15) is 0 Å². The summed E-state index contributed by atoms with van der Waals surface area (Å²) < 4.78 is 16.0. The van der Waals surface area contributed by atoms with Crippen molar-refractivity contribution in [2.24, 2.45) is 5.92 Å². The molecule has 9 heteroatoms. The van der Waals surface area contributed by atoms with Gasteiger partial charge in [-0.25, -0.2) is 0 Å². The zero-order valence-corrected chi connectivity index (χ0v) is 20.6. The van der Waals surface area contributed by atoms with Crippen molar-refractivity contribution in [3.8, 4) is 17.2 Å². The van der Waals surface area contributed by atoms with Crippen molar-refractivity contribution in [3.05, 3.63) is 47.5 Å². The molecule has 2 rings (SSSR count). The summed E-state index contributed by atoms with van der Waals surface area (Å²) in [7, 11) is 4.41. The van der Waals surface area contributed by atoms with Crippen molar-refractivity contribution < 1.29 is 28.6 Å². The van der Waals surface area contributed by atoms with Crippen molar-refractivity contribution in [1.82, 2.24) is 10.2 Å². The van der Waals surface area contributed by atoms with E-state index in [1.165, 1.54) is 26.2 Å². The normalized spacial score (nSPS) is 10.4. The van der Waals surface area contributed by atoms with Crippen LogP contribution in [-0.2, 0) is 9.59 Å². The van der Waals surface area contributed by atoms with Crippen LogP contribution < -0.4 is 24.8 Å².